The Kier molecular flexibility index (Phi) is 8.10. The van der Waals surface area contributed by atoms with Crippen molar-refractivity contribution in [3.8, 4) is 6.07 Å². The minimum absolute atomic E-state index is 0.0766. The van der Waals surface area contributed by atoms with Crippen molar-refractivity contribution >= 4 is 17.7 Å². The molecule has 0 bridgehead atoms. The van der Waals surface area contributed by atoms with Gasteiger partial charge in [-0.2, -0.15) is 5.26 Å². The van der Waals surface area contributed by atoms with Gasteiger partial charge in [-0.25, -0.2) is 9.78 Å². The fourth-order valence-electron chi connectivity index (χ4n) is 1.50. The van der Waals surface area contributed by atoms with Crippen molar-refractivity contribution in [2.24, 2.45) is 0 Å². The maximum atomic E-state index is 11.9. The largest absolute Gasteiger partial charge is 0.459 e. The van der Waals surface area contributed by atoms with E-state index in [0.29, 0.717) is 29.9 Å². The number of aromatic nitrogens is 1. The number of esters is 1. The molecule has 0 fully saturated rings. The highest BCUT2D eigenvalue weighted by Crippen LogP contribution is 2.16. The molecule has 1 N–H and O–H groups in total. The maximum Gasteiger partial charge on any atom is 0.351 e. The van der Waals surface area contributed by atoms with Crippen LogP contribution in [0.1, 0.15) is 18.6 Å². The number of nitrogens with one attached hydrogen (secondary N) is 1. The number of oxazole rings is 1. The first-order chi connectivity index (χ1) is 10.6. The van der Waals surface area contributed by atoms with Crippen LogP contribution in [0.5, 0.6) is 0 Å². The lowest BCUT2D eigenvalue weighted by Crippen LogP contribution is -2.19. The minimum Gasteiger partial charge on any atom is -0.459 e. The van der Waals surface area contributed by atoms with Gasteiger partial charge in [-0.05, 0) is 20.1 Å². The molecule has 0 aliphatic rings. The second-order valence-corrected chi connectivity index (χ2v) is 4.89. The first-order valence-corrected chi connectivity index (χ1v) is 7.93. The van der Waals surface area contributed by atoms with Crippen molar-refractivity contribution < 1.29 is 18.7 Å². The summed E-state index contributed by atoms with van der Waals surface area (Å²) in [6, 6.07) is 1.87. The molecule has 0 aliphatic carbocycles. The molecule has 7 nitrogen and oxygen atoms in total. The summed E-state index contributed by atoms with van der Waals surface area (Å²) in [5, 5.41) is 12.6. The van der Waals surface area contributed by atoms with E-state index in [0.717, 1.165) is 0 Å². The Hall–Kier alpha value is -1.98. The van der Waals surface area contributed by atoms with E-state index in [2.05, 4.69) is 10.3 Å². The summed E-state index contributed by atoms with van der Waals surface area (Å²) in [5.41, 5.74) is -0.0766. The predicted octanol–water partition coefficient (Wildman–Crippen LogP) is 1.75. The molecule has 0 aromatic carbocycles. The number of aryl methyl sites for hydroxylation is 1. The highest BCUT2D eigenvalue weighted by atomic mass is 32.2. The van der Waals surface area contributed by atoms with E-state index in [4.69, 9.17) is 19.2 Å². The molecular weight excluding hydrogens is 306 g/mol. The lowest BCUT2D eigenvalue weighted by atomic mass is 10.3. The third-order valence-electron chi connectivity index (χ3n) is 2.48. The molecule has 0 saturated heterocycles. The number of nitrogens with zero attached hydrogens (tertiary/aromatic N) is 2. The first kappa shape index (κ1) is 18.1. The summed E-state index contributed by atoms with van der Waals surface area (Å²) in [5.74, 6) is 0.496. The van der Waals surface area contributed by atoms with Crippen LogP contribution in [0, 0.1) is 18.3 Å². The highest BCUT2D eigenvalue weighted by molar-refractivity contribution is 8.02. The van der Waals surface area contributed by atoms with Crippen molar-refractivity contribution in [2.45, 2.75) is 20.4 Å². The number of carbonyl (C=O) groups excluding carboxylic acids is 1. The molecule has 1 aromatic heterocycles. The zero-order valence-corrected chi connectivity index (χ0v) is 13.7. The standard InChI is InChI=1S/C14H19N3O4S/c1-4-19-5-6-20-14(18)11(7-15)13(22-3)17-9-12-16-8-10(2)21-12/h8,17H,4-6,9H2,1-3H3/b13-11-. The van der Waals surface area contributed by atoms with Gasteiger partial charge in [0.05, 0.1) is 24.4 Å². The highest BCUT2D eigenvalue weighted by Gasteiger charge is 2.17. The van der Waals surface area contributed by atoms with Gasteiger partial charge in [0.2, 0.25) is 5.89 Å². The van der Waals surface area contributed by atoms with Crippen LogP contribution in [0.15, 0.2) is 21.2 Å². The molecular formula is C14H19N3O4S. The van der Waals surface area contributed by atoms with Crippen LogP contribution < -0.4 is 5.32 Å². The average molecular weight is 325 g/mol. The summed E-state index contributed by atoms with van der Waals surface area (Å²) in [6.45, 7) is 4.88. The Bertz CT molecular complexity index is 563. The fourth-order valence-corrected chi connectivity index (χ4v) is 2.05. The van der Waals surface area contributed by atoms with Crippen LogP contribution in [0.25, 0.3) is 0 Å². The van der Waals surface area contributed by atoms with Gasteiger partial charge < -0.3 is 19.2 Å². The smallest absolute Gasteiger partial charge is 0.351 e. The van der Waals surface area contributed by atoms with Crippen LogP contribution in [0.2, 0.25) is 0 Å². The number of carbonyl (C=O) groups is 1. The number of rotatable bonds is 9. The van der Waals surface area contributed by atoms with Gasteiger partial charge in [-0.3, -0.25) is 0 Å². The normalized spacial score (nSPS) is 11.5. The molecule has 0 unspecified atom stereocenters. The third-order valence-corrected chi connectivity index (χ3v) is 3.24. The average Bonchev–Trinajstić information content (AvgIpc) is 2.93. The van der Waals surface area contributed by atoms with Gasteiger partial charge in [-0.15, -0.1) is 11.8 Å². The van der Waals surface area contributed by atoms with E-state index in [9.17, 15) is 4.79 Å². The van der Waals surface area contributed by atoms with Gasteiger partial charge >= 0.3 is 5.97 Å². The predicted molar refractivity (Wildman–Crippen MR) is 81.7 cm³/mol. The Morgan fingerprint density at radius 2 is 2.32 bits per heavy atom. The number of hydrogen-bond acceptors (Lipinski definition) is 8. The second-order valence-electron chi connectivity index (χ2n) is 4.07. The van der Waals surface area contributed by atoms with Crippen molar-refractivity contribution in [3.05, 3.63) is 28.4 Å². The van der Waals surface area contributed by atoms with E-state index in [-0.39, 0.29) is 18.7 Å². The van der Waals surface area contributed by atoms with Crippen LogP contribution >= 0.6 is 11.8 Å². The molecule has 120 valence electrons. The summed E-state index contributed by atoms with van der Waals surface area (Å²) in [6.07, 6.45) is 3.36. The lowest BCUT2D eigenvalue weighted by molar-refractivity contribution is -0.140. The van der Waals surface area contributed by atoms with E-state index in [1.165, 1.54) is 11.8 Å². The number of ether oxygens (including phenoxy) is 2. The molecule has 1 rings (SSSR count). The quantitative estimate of drug-likeness (QED) is 0.317. The van der Waals surface area contributed by atoms with Crippen molar-refractivity contribution in [1.29, 1.82) is 5.26 Å². The van der Waals surface area contributed by atoms with Gasteiger partial charge in [0.1, 0.15) is 18.4 Å². The van der Waals surface area contributed by atoms with Crippen molar-refractivity contribution in [2.75, 3.05) is 26.1 Å². The van der Waals surface area contributed by atoms with E-state index in [1.807, 2.05) is 13.0 Å². The van der Waals surface area contributed by atoms with Crippen LogP contribution in [-0.4, -0.2) is 37.0 Å². The van der Waals surface area contributed by atoms with Gasteiger partial charge in [-0.1, -0.05) is 0 Å². The molecule has 0 aliphatic heterocycles. The topological polar surface area (TPSA) is 97.4 Å². The zero-order valence-electron chi connectivity index (χ0n) is 12.8. The Balaban J connectivity index is 2.65. The Labute approximate surface area is 133 Å². The second kappa shape index (κ2) is 9.87. The SMILES string of the molecule is CCOCCOC(=O)/C(C#N)=C(/NCc1ncc(C)o1)SC. The van der Waals surface area contributed by atoms with Gasteiger partial charge in [0, 0.05) is 6.61 Å². The van der Waals surface area contributed by atoms with E-state index < -0.39 is 5.97 Å². The fraction of sp³-hybridized carbons (Fsp3) is 0.500. The number of hydrogen-bond donors (Lipinski definition) is 1. The van der Waals surface area contributed by atoms with Crippen LogP contribution in [0.4, 0.5) is 0 Å². The first-order valence-electron chi connectivity index (χ1n) is 6.70. The van der Waals surface area contributed by atoms with Gasteiger partial charge in [0.25, 0.3) is 0 Å². The summed E-state index contributed by atoms with van der Waals surface area (Å²) < 4.78 is 15.4. The Morgan fingerprint density at radius 3 is 2.86 bits per heavy atom. The summed E-state index contributed by atoms with van der Waals surface area (Å²) >= 11 is 1.25. The van der Waals surface area contributed by atoms with Crippen molar-refractivity contribution in [3.63, 3.8) is 0 Å². The van der Waals surface area contributed by atoms with Crippen molar-refractivity contribution in [1.82, 2.24) is 10.3 Å². The Morgan fingerprint density at radius 1 is 1.55 bits per heavy atom. The molecule has 0 amide bonds. The summed E-state index contributed by atoms with van der Waals surface area (Å²) in [7, 11) is 0. The van der Waals surface area contributed by atoms with E-state index in [1.54, 1.807) is 19.4 Å². The molecule has 1 aromatic rings. The monoisotopic (exact) mass is 325 g/mol. The van der Waals surface area contributed by atoms with E-state index >= 15 is 0 Å². The molecule has 1 heterocycles. The number of thioether (sulfide) groups is 1. The lowest BCUT2D eigenvalue weighted by Gasteiger charge is -2.09. The molecule has 0 atom stereocenters. The van der Waals surface area contributed by atoms with Crippen LogP contribution in [-0.2, 0) is 20.8 Å². The molecule has 0 saturated carbocycles. The number of nitriles is 1. The third kappa shape index (κ3) is 5.79. The molecule has 0 spiro atoms. The van der Waals surface area contributed by atoms with Gasteiger partial charge in [0.15, 0.2) is 5.57 Å². The minimum atomic E-state index is -0.678. The molecule has 0 radical (unpaired) electrons. The summed E-state index contributed by atoms with van der Waals surface area (Å²) in [4.78, 5) is 15.9. The molecule has 22 heavy (non-hydrogen) atoms. The zero-order chi connectivity index (χ0) is 16.4. The maximum absolute atomic E-state index is 11.9. The van der Waals surface area contributed by atoms with Crippen LogP contribution in [0.3, 0.4) is 0 Å². The molecule has 8 heteroatoms.